The zero-order valence-corrected chi connectivity index (χ0v) is 18.2. The molecule has 0 unspecified atom stereocenters. The number of carbonyl (C=O) groups is 3. The van der Waals surface area contributed by atoms with Crippen LogP contribution in [0.15, 0.2) is 29.2 Å². The average molecular weight is 440 g/mol. The molecule has 1 fully saturated rings. The van der Waals surface area contributed by atoms with Crippen LogP contribution >= 0.6 is 0 Å². The molecule has 1 aromatic carbocycles. The van der Waals surface area contributed by atoms with Gasteiger partial charge >= 0.3 is 5.97 Å². The molecule has 2 rings (SSSR count). The van der Waals surface area contributed by atoms with Gasteiger partial charge in [0.15, 0.2) is 6.61 Å². The van der Waals surface area contributed by atoms with Crippen LogP contribution in [-0.4, -0.2) is 56.8 Å². The van der Waals surface area contributed by atoms with Crippen molar-refractivity contribution in [1.82, 2.24) is 9.62 Å². The minimum Gasteiger partial charge on any atom is -0.454 e. The van der Waals surface area contributed by atoms with Gasteiger partial charge in [-0.05, 0) is 44.0 Å². The number of esters is 1. The second-order valence-corrected chi connectivity index (χ2v) is 9.02. The highest BCUT2D eigenvalue weighted by Crippen LogP contribution is 2.15. The van der Waals surface area contributed by atoms with Crippen LogP contribution in [0, 0.1) is 0 Å². The molecular weight excluding hydrogens is 410 g/mol. The molecule has 1 atom stereocenters. The lowest BCUT2D eigenvalue weighted by molar-refractivity contribution is -0.153. The second-order valence-electron chi connectivity index (χ2n) is 7.30. The predicted molar refractivity (Wildman–Crippen MR) is 111 cm³/mol. The fourth-order valence-electron chi connectivity index (χ4n) is 3.12. The first kappa shape index (κ1) is 23.8. The largest absolute Gasteiger partial charge is 0.454 e. The zero-order chi connectivity index (χ0) is 22.1. The molecule has 166 valence electrons. The normalized spacial score (nSPS) is 16.1. The molecule has 1 heterocycles. The number of hydrogen-bond acceptors (Lipinski definition) is 6. The molecule has 1 aliphatic heterocycles. The Morgan fingerprint density at radius 1 is 1.03 bits per heavy atom. The summed E-state index contributed by atoms with van der Waals surface area (Å²) in [5.41, 5.74) is 0.455. The Kier molecular flexibility index (Phi) is 8.79. The van der Waals surface area contributed by atoms with Crippen LogP contribution < -0.4 is 10.0 Å². The van der Waals surface area contributed by atoms with Gasteiger partial charge in [0.05, 0.1) is 4.90 Å². The Bertz CT molecular complexity index is 846. The van der Waals surface area contributed by atoms with Crippen LogP contribution in [0.4, 0.5) is 5.69 Å². The number of anilines is 1. The first-order chi connectivity index (χ1) is 14.2. The number of benzene rings is 1. The van der Waals surface area contributed by atoms with E-state index in [0.717, 1.165) is 25.7 Å². The molecule has 10 heteroatoms. The van der Waals surface area contributed by atoms with E-state index < -0.39 is 28.6 Å². The molecule has 0 radical (unpaired) electrons. The summed E-state index contributed by atoms with van der Waals surface area (Å²) in [4.78, 5) is 37.1. The number of hydrogen-bond donors (Lipinski definition) is 2. The van der Waals surface area contributed by atoms with Gasteiger partial charge in [0, 0.05) is 25.7 Å². The van der Waals surface area contributed by atoms with Gasteiger partial charge in [-0.1, -0.05) is 19.3 Å². The summed E-state index contributed by atoms with van der Waals surface area (Å²) in [6.45, 7) is 3.58. The van der Waals surface area contributed by atoms with E-state index in [1.165, 1.54) is 44.5 Å². The molecule has 0 saturated carbocycles. The number of carbonyl (C=O) groups excluding carboxylic acids is 3. The maximum absolute atomic E-state index is 12.5. The molecule has 0 spiro atoms. The highest BCUT2D eigenvalue weighted by Gasteiger charge is 2.24. The van der Waals surface area contributed by atoms with E-state index in [-0.39, 0.29) is 16.7 Å². The van der Waals surface area contributed by atoms with Crippen molar-refractivity contribution in [3.05, 3.63) is 24.3 Å². The molecule has 0 bridgehead atoms. The molecule has 1 aliphatic rings. The molecule has 2 amide bonds. The molecule has 1 saturated heterocycles. The number of nitrogens with zero attached hydrogens (tertiary/aromatic N) is 1. The zero-order valence-electron chi connectivity index (χ0n) is 17.3. The average Bonchev–Trinajstić information content (AvgIpc) is 2.65. The van der Waals surface area contributed by atoms with Gasteiger partial charge in [-0.15, -0.1) is 0 Å². The Morgan fingerprint density at radius 2 is 1.60 bits per heavy atom. The summed E-state index contributed by atoms with van der Waals surface area (Å²) in [5.74, 6) is -1.37. The monoisotopic (exact) mass is 439 g/mol. The van der Waals surface area contributed by atoms with Crippen molar-refractivity contribution >= 4 is 33.5 Å². The predicted octanol–water partition coefficient (Wildman–Crippen LogP) is 1.65. The standard InChI is InChI=1S/C20H29N3O6S/c1-15(20(26)29-14-19(25)23-12-6-4-3-5-7-13-23)22-30(27,28)18-10-8-17(9-11-18)21-16(2)24/h8-11,15,22H,3-7,12-14H2,1-2H3,(H,21,24)/t15-/m0/s1. The fourth-order valence-corrected chi connectivity index (χ4v) is 4.31. The van der Waals surface area contributed by atoms with Crippen molar-refractivity contribution in [2.75, 3.05) is 25.0 Å². The Morgan fingerprint density at radius 3 is 2.17 bits per heavy atom. The van der Waals surface area contributed by atoms with Crippen LogP contribution in [0.1, 0.15) is 46.0 Å². The SMILES string of the molecule is CC(=O)Nc1ccc(S(=O)(=O)N[C@@H](C)C(=O)OCC(=O)N2CCCCCCC2)cc1. The Hall–Kier alpha value is -2.46. The first-order valence-electron chi connectivity index (χ1n) is 10.0. The summed E-state index contributed by atoms with van der Waals surface area (Å²) in [5, 5.41) is 2.54. The van der Waals surface area contributed by atoms with E-state index in [2.05, 4.69) is 10.0 Å². The van der Waals surface area contributed by atoms with Gasteiger partial charge in [-0.3, -0.25) is 14.4 Å². The molecule has 2 N–H and O–H groups in total. The number of likely N-dealkylation sites (tertiary alicyclic amines) is 1. The van der Waals surface area contributed by atoms with Crippen molar-refractivity contribution in [2.24, 2.45) is 0 Å². The van der Waals surface area contributed by atoms with E-state index in [4.69, 9.17) is 4.74 Å². The minimum absolute atomic E-state index is 0.0621. The van der Waals surface area contributed by atoms with Gasteiger partial charge in [-0.25, -0.2) is 8.42 Å². The number of nitrogens with one attached hydrogen (secondary N) is 2. The maximum atomic E-state index is 12.5. The minimum atomic E-state index is -3.98. The lowest BCUT2D eigenvalue weighted by Crippen LogP contribution is -2.42. The summed E-state index contributed by atoms with van der Waals surface area (Å²) in [6, 6.07) is 4.36. The maximum Gasteiger partial charge on any atom is 0.324 e. The lowest BCUT2D eigenvalue weighted by Gasteiger charge is -2.24. The summed E-state index contributed by atoms with van der Waals surface area (Å²) >= 11 is 0. The number of rotatable bonds is 7. The summed E-state index contributed by atoms with van der Waals surface area (Å²) in [6.07, 6.45) is 5.18. The second kappa shape index (κ2) is 11.1. The fraction of sp³-hybridized carbons (Fsp3) is 0.550. The third kappa shape index (κ3) is 7.42. The number of ether oxygens (including phenoxy) is 1. The van der Waals surface area contributed by atoms with E-state index in [0.29, 0.717) is 18.8 Å². The van der Waals surface area contributed by atoms with E-state index >= 15 is 0 Å². The highest BCUT2D eigenvalue weighted by atomic mass is 32.2. The van der Waals surface area contributed by atoms with Crippen molar-refractivity contribution < 1.29 is 27.5 Å². The van der Waals surface area contributed by atoms with Crippen molar-refractivity contribution in [3.63, 3.8) is 0 Å². The molecular formula is C20H29N3O6S. The smallest absolute Gasteiger partial charge is 0.324 e. The lowest BCUT2D eigenvalue weighted by atomic mass is 10.1. The van der Waals surface area contributed by atoms with Gasteiger partial charge in [0.2, 0.25) is 15.9 Å². The molecule has 30 heavy (non-hydrogen) atoms. The molecule has 0 aromatic heterocycles. The topological polar surface area (TPSA) is 122 Å². The van der Waals surface area contributed by atoms with E-state index in [1.54, 1.807) is 4.90 Å². The summed E-state index contributed by atoms with van der Waals surface area (Å²) in [7, 11) is -3.98. The highest BCUT2D eigenvalue weighted by molar-refractivity contribution is 7.89. The third-order valence-electron chi connectivity index (χ3n) is 4.72. The van der Waals surface area contributed by atoms with Gasteiger partial charge < -0.3 is 15.0 Å². The first-order valence-corrected chi connectivity index (χ1v) is 11.5. The van der Waals surface area contributed by atoms with Crippen LogP contribution in [-0.2, 0) is 29.1 Å². The van der Waals surface area contributed by atoms with Gasteiger partial charge in [0.25, 0.3) is 5.91 Å². The molecule has 1 aromatic rings. The van der Waals surface area contributed by atoms with Crippen molar-refractivity contribution in [3.8, 4) is 0 Å². The number of sulfonamides is 1. The Balaban J connectivity index is 1.87. The van der Waals surface area contributed by atoms with E-state index in [9.17, 15) is 22.8 Å². The molecule has 9 nitrogen and oxygen atoms in total. The van der Waals surface area contributed by atoms with E-state index in [1.807, 2.05) is 0 Å². The molecule has 0 aliphatic carbocycles. The van der Waals surface area contributed by atoms with Crippen LogP contribution in [0.2, 0.25) is 0 Å². The number of amides is 2. The van der Waals surface area contributed by atoms with Crippen molar-refractivity contribution in [2.45, 2.75) is 56.9 Å². The van der Waals surface area contributed by atoms with Crippen LogP contribution in [0.3, 0.4) is 0 Å². The van der Waals surface area contributed by atoms with Gasteiger partial charge in [-0.2, -0.15) is 4.72 Å². The Labute approximate surface area is 177 Å². The van der Waals surface area contributed by atoms with Crippen LogP contribution in [0.5, 0.6) is 0 Å². The third-order valence-corrected chi connectivity index (χ3v) is 6.27. The van der Waals surface area contributed by atoms with Crippen molar-refractivity contribution in [1.29, 1.82) is 0 Å². The van der Waals surface area contributed by atoms with Crippen LogP contribution in [0.25, 0.3) is 0 Å². The van der Waals surface area contributed by atoms with Gasteiger partial charge in [0.1, 0.15) is 6.04 Å². The summed E-state index contributed by atoms with van der Waals surface area (Å²) < 4.78 is 32.2. The quantitative estimate of drug-likeness (QED) is 0.623.